The van der Waals surface area contributed by atoms with Crippen molar-refractivity contribution in [2.24, 2.45) is 5.73 Å². The summed E-state index contributed by atoms with van der Waals surface area (Å²) in [6.07, 6.45) is 0.892. The van der Waals surface area contributed by atoms with Gasteiger partial charge in [0.15, 0.2) is 0 Å². The lowest BCUT2D eigenvalue weighted by molar-refractivity contribution is 0.162. The summed E-state index contributed by atoms with van der Waals surface area (Å²) < 4.78 is 0. The number of aliphatic hydroxyl groups excluding tert-OH is 1. The second-order valence-electron chi connectivity index (χ2n) is 4.27. The number of benzene rings is 1. The van der Waals surface area contributed by atoms with Crippen molar-refractivity contribution in [3.8, 4) is 0 Å². The molecule has 0 aromatic heterocycles. The monoisotopic (exact) mass is 256 g/mol. The van der Waals surface area contributed by atoms with E-state index in [0.717, 1.165) is 17.0 Å². The van der Waals surface area contributed by atoms with Gasteiger partial charge in [-0.05, 0) is 31.2 Å². The lowest BCUT2D eigenvalue weighted by Crippen LogP contribution is -2.40. The smallest absolute Gasteiger partial charge is 0.0558 e. The molecule has 0 amide bonds. The number of hydrogen-bond acceptors (Lipinski definition) is 3. The van der Waals surface area contributed by atoms with Crippen molar-refractivity contribution in [2.75, 3.05) is 20.2 Å². The molecule has 0 heterocycles. The highest BCUT2D eigenvalue weighted by molar-refractivity contribution is 6.30. The van der Waals surface area contributed by atoms with E-state index in [2.05, 4.69) is 11.8 Å². The van der Waals surface area contributed by atoms with Gasteiger partial charge in [0.05, 0.1) is 6.61 Å². The largest absolute Gasteiger partial charge is 0.395 e. The van der Waals surface area contributed by atoms with Gasteiger partial charge < -0.3 is 10.8 Å². The Morgan fingerprint density at radius 2 is 1.94 bits per heavy atom. The minimum Gasteiger partial charge on any atom is -0.395 e. The second kappa shape index (κ2) is 6.97. The number of rotatable bonds is 6. The summed E-state index contributed by atoms with van der Waals surface area (Å²) >= 11 is 5.89. The van der Waals surface area contributed by atoms with Gasteiger partial charge in [-0.1, -0.05) is 30.7 Å². The Morgan fingerprint density at radius 3 is 2.41 bits per heavy atom. The van der Waals surface area contributed by atoms with Gasteiger partial charge in [0.25, 0.3) is 0 Å². The molecule has 1 rings (SSSR count). The number of aliphatic hydroxyl groups is 1. The van der Waals surface area contributed by atoms with Crippen LogP contribution in [0.3, 0.4) is 0 Å². The molecule has 4 heteroatoms. The SMILES string of the molecule is CCC(N)C(c1ccc(Cl)cc1)N(C)CCO. The quantitative estimate of drug-likeness (QED) is 0.819. The van der Waals surface area contributed by atoms with Crippen LogP contribution in [-0.4, -0.2) is 36.2 Å². The van der Waals surface area contributed by atoms with Crippen LogP contribution in [0.1, 0.15) is 24.9 Å². The van der Waals surface area contributed by atoms with Gasteiger partial charge in [-0.3, -0.25) is 4.90 Å². The van der Waals surface area contributed by atoms with Crippen LogP contribution in [0.15, 0.2) is 24.3 Å². The molecule has 0 aliphatic heterocycles. The van der Waals surface area contributed by atoms with E-state index in [1.807, 2.05) is 31.3 Å². The molecule has 1 aromatic rings. The second-order valence-corrected chi connectivity index (χ2v) is 4.71. The number of nitrogens with two attached hydrogens (primary N) is 1. The molecule has 0 saturated heterocycles. The third-order valence-corrected chi connectivity index (χ3v) is 3.27. The van der Waals surface area contributed by atoms with Crippen molar-refractivity contribution in [1.82, 2.24) is 4.90 Å². The van der Waals surface area contributed by atoms with E-state index in [9.17, 15) is 0 Å². The fourth-order valence-corrected chi connectivity index (χ4v) is 2.13. The third kappa shape index (κ3) is 3.96. The first-order valence-corrected chi connectivity index (χ1v) is 6.30. The van der Waals surface area contributed by atoms with Crippen molar-refractivity contribution in [3.05, 3.63) is 34.9 Å². The van der Waals surface area contributed by atoms with E-state index in [-0.39, 0.29) is 18.7 Å². The van der Waals surface area contributed by atoms with Crippen LogP contribution < -0.4 is 5.73 Å². The fourth-order valence-electron chi connectivity index (χ4n) is 2.01. The van der Waals surface area contributed by atoms with E-state index in [4.69, 9.17) is 22.4 Å². The summed E-state index contributed by atoms with van der Waals surface area (Å²) in [6.45, 7) is 2.82. The summed E-state index contributed by atoms with van der Waals surface area (Å²) in [6, 6.07) is 7.90. The molecule has 17 heavy (non-hydrogen) atoms. The van der Waals surface area contributed by atoms with Crippen LogP contribution in [0.5, 0.6) is 0 Å². The molecule has 0 aliphatic carbocycles. The van der Waals surface area contributed by atoms with Gasteiger partial charge in [-0.25, -0.2) is 0 Å². The maximum Gasteiger partial charge on any atom is 0.0558 e. The molecule has 96 valence electrons. The topological polar surface area (TPSA) is 49.5 Å². The molecule has 0 aliphatic rings. The molecule has 0 radical (unpaired) electrons. The standard InChI is InChI=1S/C13H21ClN2O/c1-3-12(15)13(16(2)8-9-17)10-4-6-11(14)7-5-10/h4-7,12-13,17H,3,8-9,15H2,1-2H3. The predicted octanol–water partition coefficient (Wildman–Crippen LogP) is 2.04. The Kier molecular flexibility index (Phi) is 5.92. The highest BCUT2D eigenvalue weighted by Gasteiger charge is 2.22. The van der Waals surface area contributed by atoms with Crippen molar-refractivity contribution in [3.63, 3.8) is 0 Å². The Labute approximate surface area is 108 Å². The zero-order chi connectivity index (χ0) is 12.8. The van der Waals surface area contributed by atoms with Crippen molar-refractivity contribution >= 4 is 11.6 Å². The Morgan fingerprint density at radius 1 is 1.35 bits per heavy atom. The van der Waals surface area contributed by atoms with Crippen molar-refractivity contribution in [2.45, 2.75) is 25.4 Å². The number of nitrogens with zero attached hydrogens (tertiary/aromatic N) is 1. The van der Waals surface area contributed by atoms with Crippen LogP contribution in [0, 0.1) is 0 Å². The van der Waals surface area contributed by atoms with Gasteiger partial charge in [-0.15, -0.1) is 0 Å². The highest BCUT2D eigenvalue weighted by atomic mass is 35.5. The Hall–Kier alpha value is -0.610. The van der Waals surface area contributed by atoms with Crippen LogP contribution in [0.25, 0.3) is 0 Å². The van der Waals surface area contributed by atoms with Gasteiger partial charge in [0.2, 0.25) is 0 Å². The molecule has 0 fully saturated rings. The van der Waals surface area contributed by atoms with Crippen LogP contribution >= 0.6 is 11.6 Å². The average molecular weight is 257 g/mol. The van der Waals surface area contributed by atoms with E-state index in [1.54, 1.807) is 0 Å². The van der Waals surface area contributed by atoms with Gasteiger partial charge in [0.1, 0.15) is 0 Å². The van der Waals surface area contributed by atoms with E-state index < -0.39 is 0 Å². The molecule has 3 N–H and O–H groups in total. The third-order valence-electron chi connectivity index (χ3n) is 3.02. The molecule has 0 saturated carbocycles. The summed E-state index contributed by atoms with van der Waals surface area (Å²) in [4.78, 5) is 2.08. The van der Waals surface area contributed by atoms with E-state index in [0.29, 0.717) is 6.54 Å². The number of halogens is 1. The lowest BCUT2D eigenvalue weighted by atomic mass is 9.97. The lowest BCUT2D eigenvalue weighted by Gasteiger charge is -2.32. The zero-order valence-electron chi connectivity index (χ0n) is 10.4. The maximum atomic E-state index is 9.03. The normalized spacial score (nSPS) is 14.9. The van der Waals surface area contributed by atoms with Crippen LogP contribution in [-0.2, 0) is 0 Å². The van der Waals surface area contributed by atoms with Crippen molar-refractivity contribution < 1.29 is 5.11 Å². The Bertz CT molecular complexity index is 329. The van der Waals surface area contributed by atoms with Crippen LogP contribution in [0.2, 0.25) is 5.02 Å². The molecule has 2 unspecified atom stereocenters. The van der Waals surface area contributed by atoms with Crippen LogP contribution in [0.4, 0.5) is 0 Å². The zero-order valence-corrected chi connectivity index (χ0v) is 11.2. The summed E-state index contributed by atoms with van der Waals surface area (Å²) in [7, 11) is 1.98. The molecule has 0 bridgehead atoms. The highest BCUT2D eigenvalue weighted by Crippen LogP contribution is 2.24. The van der Waals surface area contributed by atoms with E-state index >= 15 is 0 Å². The van der Waals surface area contributed by atoms with Gasteiger partial charge in [-0.2, -0.15) is 0 Å². The van der Waals surface area contributed by atoms with Gasteiger partial charge in [0, 0.05) is 23.7 Å². The number of hydrogen-bond donors (Lipinski definition) is 2. The summed E-state index contributed by atoms with van der Waals surface area (Å²) in [5, 5.41) is 9.75. The molecule has 0 spiro atoms. The van der Waals surface area contributed by atoms with Gasteiger partial charge >= 0.3 is 0 Å². The molecular weight excluding hydrogens is 236 g/mol. The maximum absolute atomic E-state index is 9.03. The fraction of sp³-hybridized carbons (Fsp3) is 0.538. The van der Waals surface area contributed by atoms with Crippen molar-refractivity contribution in [1.29, 1.82) is 0 Å². The molecule has 1 aromatic carbocycles. The summed E-state index contributed by atoms with van der Waals surface area (Å²) in [5.41, 5.74) is 7.30. The minimum absolute atomic E-state index is 0.0488. The summed E-state index contributed by atoms with van der Waals surface area (Å²) in [5.74, 6) is 0. The first-order valence-electron chi connectivity index (χ1n) is 5.92. The van der Waals surface area contributed by atoms with E-state index in [1.165, 1.54) is 0 Å². The Balaban J connectivity index is 2.93. The molecule has 2 atom stereocenters. The minimum atomic E-state index is 0.0488. The predicted molar refractivity (Wildman–Crippen MR) is 72.2 cm³/mol. The first kappa shape index (κ1) is 14.5. The number of likely N-dealkylation sites (N-methyl/N-ethyl adjacent to an activating group) is 1. The average Bonchev–Trinajstić information content (AvgIpc) is 2.32. The molecular formula is C13H21ClN2O. The molecule has 3 nitrogen and oxygen atoms in total. The first-order chi connectivity index (χ1) is 8.10.